The molecule has 0 spiro atoms. The summed E-state index contributed by atoms with van der Waals surface area (Å²) in [7, 11) is 0. The molecule has 6 nitrogen and oxygen atoms in total. The second kappa shape index (κ2) is 6.42. The number of primary amides is 1. The van der Waals surface area contributed by atoms with Crippen LogP contribution in [0.3, 0.4) is 0 Å². The van der Waals surface area contributed by atoms with Crippen LogP contribution in [0.5, 0.6) is 0 Å². The lowest BCUT2D eigenvalue weighted by atomic mass is 10.2. The molecule has 8 heteroatoms. The van der Waals surface area contributed by atoms with Crippen molar-refractivity contribution in [2.45, 2.75) is 6.42 Å². The summed E-state index contributed by atoms with van der Waals surface area (Å²) >= 11 is 1.31. The Labute approximate surface area is 124 Å². The van der Waals surface area contributed by atoms with Gasteiger partial charge in [-0.05, 0) is 24.7 Å². The highest BCUT2D eigenvalue weighted by Gasteiger charge is 2.14. The Hall–Kier alpha value is -2.32. The van der Waals surface area contributed by atoms with Crippen LogP contribution in [-0.4, -0.2) is 23.3 Å². The number of halogens is 1. The molecule has 2 amide bonds. The van der Waals surface area contributed by atoms with Gasteiger partial charge in [0.25, 0.3) is 5.91 Å². The van der Waals surface area contributed by atoms with Gasteiger partial charge in [0.05, 0.1) is 10.7 Å². The van der Waals surface area contributed by atoms with Crippen LogP contribution in [0.4, 0.5) is 10.1 Å². The quantitative estimate of drug-likeness (QED) is 0.769. The molecule has 0 saturated carbocycles. The van der Waals surface area contributed by atoms with Crippen LogP contribution in [0, 0.1) is 5.82 Å². The number of nitrogens with two attached hydrogens (primary N) is 2. The molecule has 1 aromatic carbocycles. The third-order valence-corrected chi connectivity index (χ3v) is 3.55. The second-order valence-electron chi connectivity index (χ2n) is 4.18. The molecule has 0 fully saturated rings. The molecule has 0 atom stereocenters. The lowest BCUT2D eigenvalue weighted by molar-refractivity contribution is 0.0995. The number of nitrogens with one attached hydrogen (secondary N) is 1. The van der Waals surface area contributed by atoms with E-state index in [1.807, 2.05) is 0 Å². The van der Waals surface area contributed by atoms with E-state index in [0.717, 1.165) is 11.1 Å². The van der Waals surface area contributed by atoms with Gasteiger partial charge >= 0.3 is 0 Å². The Bertz CT molecular complexity index is 687. The molecule has 110 valence electrons. The van der Waals surface area contributed by atoms with E-state index >= 15 is 0 Å². The number of rotatable bonds is 5. The van der Waals surface area contributed by atoms with E-state index in [1.165, 1.54) is 23.5 Å². The van der Waals surface area contributed by atoms with Gasteiger partial charge in [0.1, 0.15) is 11.5 Å². The van der Waals surface area contributed by atoms with Crippen LogP contribution in [0.25, 0.3) is 0 Å². The van der Waals surface area contributed by atoms with Gasteiger partial charge in [-0.15, -0.1) is 11.3 Å². The molecule has 21 heavy (non-hydrogen) atoms. The molecule has 0 aliphatic heterocycles. The largest absolute Gasteiger partial charge is 0.366 e. The minimum atomic E-state index is -0.704. The molecule has 2 aromatic rings. The van der Waals surface area contributed by atoms with Crippen LogP contribution in [0.15, 0.2) is 23.6 Å². The first-order valence-electron chi connectivity index (χ1n) is 6.06. The number of nitrogens with zero attached hydrogens (tertiary/aromatic N) is 1. The van der Waals surface area contributed by atoms with E-state index in [1.54, 1.807) is 5.38 Å². The summed E-state index contributed by atoms with van der Waals surface area (Å²) < 4.78 is 13.6. The molecule has 1 heterocycles. The summed E-state index contributed by atoms with van der Waals surface area (Å²) in [6, 6.07) is 3.49. The maximum Gasteiger partial charge on any atom is 0.275 e. The molecular formula is C13H13FN4O2S. The highest BCUT2D eigenvalue weighted by molar-refractivity contribution is 7.09. The number of hydrogen-bond donors (Lipinski definition) is 3. The zero-order valence-electron chi connectivity index (χ0n) is 10.9. The first-order chi connectivity index (χ1) is 10.0. The van der Waals surface area contributed by atoms with E-state index in [-0.39, 0.29) is 16.9 Å². The van der Waals surface area contributed by atoms with Crippen molar-refractivity contribution in [3.8, 4) is 0 Å². The number of thiazole rings is 1. The van der Waals surface area contributed by atoms with Gasteiger partial charge in [-0.3, -0.25) is 9.59 Å². The monoisotopic (exact) mass is 308 g/mol. The van der Waals surface area contributed by atoms with Crippen LogP contribution in [0.2, 0.25) is 0 Å². The minimum absolute atomic E-state index is 0.105. The SMILES string of the molecule is NCCc1nc(C(=O)Nc2cc(C(N)=O)ccc2F)cs1. The van der Waals surface area contributed by atoms with Crippen LogP contribution in [-0.2, 0) is 6.42 Å². The number of amides is 2. The first-order valence-corrected chi connectivity index (χ1v) is 6.94. The summed E-state index contributed by atoms with van der Waals surface area (Å²) in [4.78, 5) is 27.1. The van der Waals surface area contributed by atoms with Gasteiger partial charge in [0.2, 0.25) is 5.91 Å². The van der Waals surface area contributed by atoms with Gasteiger partial charge in [-0.1, -0.05) is 0 Å². The van der Waals surface area contributed by atoms with Gasteiger partial charge in [0.15, 0.2) is 0 Å². The average Bonchev–Trinajstić information content (AvgIpc) is 2.90. The van der Waals surface area contributed by atoms with E-state index in [2.05, 4.69) is 10.3 Å². The fourth-order valence-corrected chi connectivity index (χ4v) is 2.41. The molecule has 0 saturated heterocycles. The third kappa shape index (κ3) is 3.61. The van der Waals surface area contributed by atoms with Crippen molar-refractivity contribution in [2.24, 2.45) is 11.5 Å². The number of carbonyl (C=O) groups is 2. The minimum Gasteiger partial charge on any atom is -0.366 e. The van der Waals surface area contributed by atoms with Crippen LogP contribution in [0.1, 0.15) is 25.9 Å². The molecule has 1 aromatic heterocycles. The number of aromatic nitrogens is 1. The third-order valence-electron chi connectivity index (χ3n) is 2.64. The maximum atomic E-state index is 13.6. The number of hydrogen-bond acceptors (Lipinski definition) is 5. The van der Waals surface area contributed by atoms with Crippen LogP contribution >= 0.6 is 11.3 Å². The molecule has 0 unspecified atom stereocenters. The fraction of sp³-hybridized carbons (Fsp3) is 0.154. The van der Waals surface area contributed by atoms with Crippen molar-refractivity contribution in [3.05, 3.63) is 45.7 Å². The van der Waals surface area contributed by atoms with Crippen molar-refractivity contribution in [1.82, 2.24) is 4.98 Å². The number of benzene rings is 1. The molecule has 0 aliphatic rings. The van der Waals surface area contributed by atoms with E-state index < -0.39 is 17.6 Å². The Morgan fingerprint density at radius 3 is 2.81 bits per heavy atom. The zero-order chi connectivity index (χ0) is 15.4. The Morgan fingerprint density at radius 1 is 1.38 bits per heavy atom. The maximum absolute atomic E-state index is 13.6. The summed E-state index contributed by atoms with van der Waals surface area (Å²) in [6.07, 6.45) is 0.573. The predicted molar refractivity (Wildman–Crippen MR) is 77.7 cm³/mol. The molecule has 0 bridgehead atoms. The average molecular weight is 308 g/mol. The lowest BCUT2D eigenvalue weighted by Gasteiger charge is -2.06. The van der Waals surface area contributed by atoms with Crippen molar-refractivity contribution < 1.29 is 14.0 Å². The number of anilines is 1. The van der Waals surface area contributed by atoms with Crippen molar-refractivity contribution in [3.63, 3.8) is 0 Å². The zero-order valence-corrected chi connectivity index (χ0v) is 11.7. The smallest absolute Gasteiger partial charge is 0.275 e. The summed E-state index contributed by atoms with van der Waals surface area (Å²) in [5, 5.41) is 4.66. The standard InChI is InChI=1S/C13H13FN4O2S/c14-8-2-1-7(12(16)19)5-9(8)18-13(20)10-6-21-11(17-10)3-4-15/h1-2,5-6H,3-4,15H2,(H2,16,19)(H,18,20). The van der Waals surface area contributed by atoms with Gasteiger partial charge < -0.3 is 16.8 Å². The summed E-state index contributed by atoms with van der Waals surface area (Å²) in [5.74, 6) is -1.93. The number of carbonyl (C=O) groups excluding carboxylic acids is 2. The van der Waals surface area contributed by atoms with E-state index in [4.69, 9.17) is 11.5 Å². The second-order valence-corrected chi connectivity index (χ2v) is 5.12. The van der Waals surface area contributed by atoms with Crippen LogP contribution < -0.4 is 16.8 Å². The normalized spacial score (nSPS) is 10.4. The highest BCUT2D eigenvalue weighted by Crippen LogP contribution is 2.18. The van der Waals surface area contributed by atoms with Gasteiger partial charge in [-0.25, -0.2) is 9.37 Å². The van der Waals surface area contributed by atoms with Crippen molar-refractivity contribution in [2.75, 3.05) is 11.9 Å². The topological polar surface area (TPSA) is 111 Å². The molecule has 2 rings (SSSR count). The molecule has 0 radical (unpaired) electrons. The Balaban J connectivity index is 2.18. The summed E-state index contributed by atoms with van der Waals surface area (Å²) in [6.45, 7) is 0.434. The first kappa shape index (κ1) is 15.1. The van der Waals surface area contributed by atoms with E-state index in [9.17, 15) is 14.0 Å². The predicted octanol–water partition coefficient (Wildman–Crippen LogP) is 1.13. The fourth-order valence-electron chi connectivity index (χ4n) is 1.61. The van der Waals surface area contributed by atoms with Crippen molar-refractivity contribution in [1.29, 1.82) is 0 Å². The molecule has 5 N–H and O–H groups in total. The molecular weight excluding hydrogens is 295 g/mol. The van der Waals surface area contributed by atoms with Gasteiger partial charge in [0, 0.05) is 17.4 Å². The highest BCUT2D eigenvalue weighted by atomic mass is 32.1. The summed E-state index contributed by atoms with van der Waals surface area (Å²) in [5.41, 5.74) is 10.7. The van der Waals surface area contributed by atoms with E-state index in [0.29, 0.717) is 13.0 Å². The molecule has 0 aliphatic carbocycles. The van der Waals surface area contributed by atoms with Crippen molar-refractivity contribution >= 4 is 28.8 Å². The Morgan fingerprint density at radius 2 is 2.14 bits per heavy atom. The Kier molecular flexibility index (Phi) is 4.61. The van der Waals surface area contributed by atoms with Gasteiger partial charge in [-0.2, -0.15) is 0 Å². The lowest BCUT2D eigenvalue weighted by Crippen LogP contribution is -2.16.